The molecule has 0 aliphatic heterocycles. The van der Waals surface area contributed by atoms with Gasteiger partial charge in [-0.1, -0.05) is 109 Å². The Morgan fingerprint density at radius 2 is 1.19 bits per heavy atom. The van der Waals surface area contributed by atoms with Gasteiger partial charge in [0, 0.05) is 0 Å². The second kappa shape index (κ2) is 13.6. The third-order valence-electron chi connectivity index (χ3n) is 10.9. The van der Waals surface area contributed by atoms with Gasteiger partial charge >= 0.3 is 0 Å². The van der Waals surface area contributed by atoms with Crippen LogP contribution in [-0.2, 0) is 11.8 Å². The van der Waals surface area contributed by atoms with Crippen molar-refractivity contribution in [2.45, 2.75) is 31.6 Å². The molecule has 0 spiro atoms. The van der Waals surface area contributed by atoms with Gasteiger partial charge < -0.3 is 9.47 Å². The average molecular weight is 686 g/mol. The van der Waals surface area contributed by atoms with E-state index in [4.69, 9.17) is 14.7 Å². The van der Waals surface area contributed by atoms with Gasteiger partial charge in [-0.15, -0.1) is 0 Å². The number of ether oxygens (including phenoxy) is 2. The van der Waals surface area contributed by atoms with Crippen LogP contribution in [0.15, 0.2) is 152 Å². The van der Waals surface area contributed by atoms with Gasteiger partial charge in [-0.3, -0.25) is 0 Å². The Kier molecular flexibility index (Phi) is 8.37. The number of hydrogen-bond donors (Lipinski definition) is 0. The van der Waals surface area contributed by atoms with Crippen LogP contribution in [0.25, 0.3) is 50.2 Å². The van der Waals surface area contributed by atoms with E-state index in [2.05, 4.69) is 152 Å². The maximum Gasteiger partial charge on any atom is 0.119 e. The van der Waals surface area contributed by atoms with E-state index in [0.29, 0.717) is 19.6 Å². The first-order valence-corrected chi connectivity index (χ1v) is 18.6. The van der Waals surface area contributed by atoms with E-state index < -0.39 is 5.41 Å². The minimum Gasteiger partial charge on any atom is -0.494 e. The predicted octanol–water partition coefficient (Wildman–Crippen LogP) is 12.2. The highest BCUT2D eigenvalue weighted by atomic mass is 16.5. The number of hydrogen-bond acceptors (Lipinski definition) is 3. The van der Waals surface area contributed by atoms with Crippen molar-refractivity contribution < 1.29 is 9.47 Å². The van der Waals surface area contributed by atoms with Crippen LogP contribution in [0, 0.1) is 11.3 Å². The van der Waals surface area contributed by atoms with E-state index in [1.165, 1.54) is 72.0 Å². The van der Waals surface area contributed by atoms with Crippen molar-refractivity contribution in [1.29, 1.82) is 5.26 Å². The fourth-order valence-electron chi connectivity index (χ4n) is 8.43. The van der Waals surface area contributed by atoms with Crippen LogP contribution in [-0.4, -0.2) is 13.2 Å². The van der Waals surface area contributed by atoms with Crippen LogP contribution in [0.5, 0.6) is 11.5 Å². The van der Waals surface area contributed by atoms with Gasteiger partial charge in [0.1, 0.15) is 18.1 Å². The largest absolute Gasteiger partial charge is 0.494 e. The van der Waals surface area contributed by atoms with Crippen molar-refractivity contribution in [1.82, 2.24) is 0 Å². The Hall–Kier alpha value is -6.37. The molecule has 2 aliphatic carbocycles. The second-order valence-electron chi connectivity index (χ2n) is 13.9. The Morgan fingerprint density at radius 1 is 0.604 bits per heavy atom. The lowest BCUT2D eigenvalue weighted by molar-refractivity contribution is 0.326. The van der Waals surface area contributed by atoms with Crippen LogP contribution in [0.4, 0.5) is 0 Å². The van der Waals surface area contributed by atoms with Crippen LogP contribution < -0.4 is 9.47 Å². The van der Waals surface area contributed by atoms with Crippen molar-refractivity contribution >= 4 is 16.8 Å². The van der Waals surface area contributed by atoms with Gasteiger partial charge in [0.15, 0.2) is 0 Å². The molecule has 0 radical (unpaired) electrons. The molecule has 3 heteroatoms. The summed E-state index contributed by atoms with van der Waals surface area (Å²) in [4.78, 5) is 0. The molecule has 1 atom stereocenters. The first-order chi connectivity index (χ1) is 26.1. The summed E-state index contributed by atoms with van der Waals surface area (Å²) in [6, 6.07) is 55.6. The normalized spacial score (nSPS) is 15.3. The standard InChI is InChI=1S/C50H39NO2/c1-2-52-44-22-18-42(19-23-44)50(43-20-24-45(25-21-43)53-29-7-28-51)48-32-40(38-14-12-34-8-3-5-10-36(34)30-38)16-26-46(48)47-27-17-41(33-49(47)50)39-15-13-35-9-4-6-11-37(35)31-39/h3,5-6,8,10-27,30-33H,2,4,7,9,29H2,1H3. The summed E-state index contributed by atoms with van der Waals surface area (Å²) in [5.74, 6) is 1.61. The van der Waals surface area contributed by atoms with Crippen molar-refractivity contribution in [2.75, 3.05) is 13.2 Å². The van der Waals surface area contributed by atoms with Crippen molar-refractivity contribution in [3.63, 3.8) is 0 Å². The summed E-state index contributed by atoms with van der Waals surface area (Å²) in [6.45, 7) is 2.99. The zero-order chi connectivity index (χ0) is 35.8. The number of fused-ring (bicyclic) bond motifs is 5. The molecule has 2 aliphatic rings. The molecule has 3 nitrogen and oxygen atoms in total. The van der Waals surface area contributed by atoms with Crippen molar-refractivity contribution in [3.8, 4) is 50.9 Å². The summed E-state index contributed by atoms with van der Waals surface area (Å²) in [6.07, 6.45) is 7.07. The molecule has 7 aromatic carbocycles. The highest BCUT2D eigenvalue weighted by Gasteiger charge is 2.46. The zero-order valence-electron chi connectivity index (χ0n) is 29.8. The molecule has 0 saturated heterocycles. The zero-order valence-corrected chi connectivity index (χ0v) is 29.8. The van der Waals surface area contributed by atoms with E-state index in [0.717, 1.165) is 29.9 Å². The van der Waals surface area contributed by atoms with E-state index >= 15 is 0 Å². The number of rotatable bonds is 9. The summed E-state index contributed by atoms with van der Waals surface area (Å²) >= 11 is 0. The van der Waals surface area contributed by atoms with Gasteiger partial charge in [-0.2, -0.15) is 5.26 Å². The van der Waals surface area contributed by atoms with Crippen LogP contribution >= 0.6 is 0 Å². The molecule has 0 heterocycles. The fraction of sp³-hybridized carbons (Fsp3) is 0.140. The Morgan fingerprint density at radius 3 is 1.85 bits per heavy atom. The molecular formula is C50H39NO2. The third-order valence-corrected chi connectivity index (χ3v) is 10.9. The number of aryl methyl sites for hydroxylation is 1. The Labute approximate surface area is 311 Å². The number of benzene rings is 7. The van der Waals surface area contributed by atoms with Gasteiger partial charge in [0.25, 0.3) is 0 Å². The van der Waals surface area contributed by atoms with Crippen LogP contribution in [0.2, 0.25) is 0 Å². The van der Waals surface area contributed by atoms with Gasteiger partial charge in [0.05, 0.1) is 24.5 Å². The molecular weight excluding hydrogens is 647 g/mol. The number of nitrogens with zero attached hydrogens (tertiary/aromatic N) is 1. The SMILES string of the molecule is CCOc1ccc(C2(c3ccc(OCCC#N)cc3)c3cc(-c4ccc5c(c4)C=CCC5)ccc3-c3ccc(-c4ccc5ccccc5c4)cc32)cc1. The molecule has 0 fully saturated rings. The molecule has 0 amide bonds. The van der Waals surface area contributed by atoms with Crippen molar-refractivity contribution in [3.05, 3.63) is 185 Å². The summed E-state index contributed by atoms with van der Waals surface area (Å²) in [5.41, 5.74) is 14.1. The van der Waals surface area contributed by atoms with Crippen LogP contribution in [0.1, 0.15) is 53.1 Å². The quantitative estimate of drug-likeness (QED) is 0.142. The van der Waals surface area contributed by atoms with E-state index in [-0.39, 0.29) is 0 Å². The summed E-state index contributed by atoms with van der Waals surface area (Å²) in [5, 5.41) is 11.6. The predicted molar refractivity (Wildman–Crippen MR) is 216 cm³/mol. The first-order valence-electron chi connectivity index (χ1n) is 18.6. The van der Waals surface area contributed by atoms with Gasteiger partial charge in [-0.05, 0) is 146 Å². The monoisotopic (exact) mass is 685 g/mol. The average Bonchev–Trinajstić information content (AvgIpc) is 3.51. The minimum absolute atomic E-state index is 0.345. The third kappa shape index (κ3) is 5.68. The second-order valence-corrected chi connectivity index (χ2v) is 13.9. The Balaban J connectivity index is 1.29. The number of nitriles is 1. The van der Waals surface area contributed by atoms with E-state index in [9.17, 15) is 0 Å². The highest BCUT2D eigenvalue weighted by molar-refractivity contribution is 5.92. The minimum atomic E-state index is -0.641. The Bertz CT molecular complexity index is 2560. The lowest BCUT2D eigenvalue weighted by Crippen LogP contribution is -2.28. The molecule has 53 heavy (non-hydrogen) atoms. The molecule has 1 unspecified atom stereocenters. The summed E-state index contributed by atoms with van der Waals surface area (Å²) < 4.78 is 11.9. The van der Waals surface area contributed by atoms with Gasteiger partial charge in [0.2, 0.25) is 0 Å². The maximum absolute atomic E-state index is 9.11. The lowest BCUT2D eigenvalue weighted by Gasteiger charge is -2.34. The molecule has 0 saturated carbocycles. The highest BCUT2D eigenvalue weighted by Crippen LogP contribution is 2.58. The first kappa shape index (κ1) is 32.5. The molecule has 0 bridgehead atoms. The number of allylic oxidation sites excluding steroid dienone is 1. The molecule has 7 aromatic rings. The van der Waals surface area contributed by atoms with E-state index in [1.807, 2.05) is 19.1 Å². The summed E-state index contributed by atoms with van der Waals surface area (Å²) in [7, 11) is 0. The van der Waals surface area contributed by atoms with Crippen molar-refractivity contribution in [2.24, 2.45) is 0 Å². The molecule has 0 aromatic heterocycles. The lowest BCUT2D eigenvalue weighted by atomic mass is 9.67. The fourth-order valence-corrected chi connectivity index (χ4v) is 8.43. The molecule has 9 rings (SSSR count). The van der Waals surface area contributed by atoms with Crippen LogP contribution in [0.3, 0.4) is 0 Å². The topological polar surface area (TPSA) is 42.2 Å². The molecule has 0 N–H and O–H groups in total. The smallest absolute Gasteiger partial charge is 0.119 e. The molecule has 256 valence electrons. The van der Waals surface area contributed by atoms with E-state index in [1.54, 1.807) is 0 Å². The van der Waals surface area contributed by atoms with Gasteiger partial charge in [-0.25, -0.2) is 0 Å². The maximum atomic E-state index is 9.11.